The normalized spacial score (nSPS) is 19.8. The Balaban J connectivity index is 1.40. The standard InChI is InChI=1S/C26H33N3O3/c1-2-32-26(31)29-15-9-14-23(20-29)25(30)28-18-16-27(17-19-28)24(21-10-5-3-6-11-21)22-12-7-4-8-13-22/h3-8,10-13,23-24H,2,9,14-20H2,1H3. The second kappa shape index (κ2) is 10.6. The van der Waals surface area contributed by atoms with Gasteiger partial charge in [-0.15, -0.1) is 0 Å². The van der Waals surface area contributed by atoms with Crippen molar-refractivity contribution in [2.75, 3.05) is 45.9 Å². The number of piperazine rings is 1. The fraction of sp³-hybridized carbons (Fsp3) is 0.462. The van der Waals surface area contributed by atoms with Crippen molar-refractivity contribution in [3.8, 4) is 0 Å². The number of rotatable bonds is 5. The molecule has 6 heteroatoms. The molecule has 2 aromatic carbocycles. The molecule has 0 spiro atoms. The van der Waals surface area contributed by atoms with Gasteiger partial charge < -0.3 is 14.5 Å². The number of benzene rings is 2. The van der Waals surface area contributed by atoms with E-state index < -0.39 is 0 Å². The van der Waals surface area contributed by atoms with Gasteiger partial charge in [0.05, 0.1) is 18.6 Å². The van der Waals surface area contributed by atoms with Gasteiger partial charge in [-0.2, -0.15) is 0 Å². The molecule has 0 bridgehead atoms. The average Bonchev–Trinajstić information content (AvgIpc) is 2.86. The molecular formula is C26H33N3O3. The minimum Gasteiger partial charge on any atom is -0.450 e. The summed E-state index contributed by atoms with van der Waals surface area (Å²) >= 11 is 0. The highest BCUT2D eigenvalue weighted by Crippen LogP contribution is 2.30. The van der Waals surface area contributed by atoms with Gasteiger partial charge in [-0.05, 0) is 30.9 Å². The van der Waals surface area contributed by atoms with Crippen molar-refractivity contribution in [3.05, 3.63) is 71.8 Å². The fourth-order valence-corrected chi connectivity index (χ4v) is 4.90. The van der Waals surface area contributed by atoms with Crippen LogP contribution in [-0.4, -0.2) is 72.6 Å². The summed E-state index contributed by atoms with van der Waals surface area (Å²) in [6.45, 7) is 6.39. The lowest BCUT2D eigenvalue weighted by molar-refractivity contribution is -0.139. The van der Waals surface area contributed by atoms with E-state index in [1.165, 1.54) is 11.1 Å². The summed E-state index contributed by atoms with van der Waals surface area (Å²) in [5.41, 5.74) is 2.55. The highest BCUT2D eigenvalue weighted by atomic mass is 16.6. The lowest BCUT2D eigenvalue weighted by Crippen LogP contribution is -2.53. The SMILES string of the molecule is CCOC(=O)N1CCCC(C(=O)N2CCN(C(c3ccccc3)c3ccccc3)CC2)C1. The summed E-state index contributed by atoms with van der Waals surface area (Å²) in [4.78, 5) is 31.5. The number of ether oxygens (including phenoxy) is 1. The molecule has 2 aliphatic heterocycles. The molecule has 2 aromatic rings. The molecule has 2 aliphatic rings. The molecule has 6 nitrogen and oxygen atoms in total. The summed E-state index contributed by atoms with van der Waals surface area (Å²) in [6, 6.07) is 21.4. The maximum Gasteiger partial charge on any atom is 0.409 e. The van der Waals surface area contributed by atoms with Gasteiger partial charge >= 0.3 is 6.09 Å². The molecule has 170 valence electrons. The molecule has 1 atom stereocenters. The Kier molecular flexibility index (Phi) is 7.43. The molecule has 4 rings (SSSR count). The Morgan fingerprint density at radius 3 is 2.03 bits per heavy atom. The summed E-state index contributed by atoms with van der Waals surface area (Å²) in [5.74, 6) is 0.0494. The van der Waals surface area contributed by atoms with E-state index in [2.05, 4.69) is 53.4 Å². The number of piperidine rings is 1. The molecule has 2 saturated heterocycles. The van der Waals surface area contributed by atoms with Crippen molar-refractivity contribution in [1.29, 1.82) is 0 Å². The van der Waals surface area contributed by atoms with Crippen LogP contribution in [0.4, 0.5) is 4.79 Å². The molecule has 0 radical (unpaired) electrons. The minimum atomic E-state index is -0.302. The van der Waals surface area contributed by atoms with Crippen molar-refractivity contribution in [2.45, 2.75) is 25.8 Å². The van der Waals surface area contributed by atoms with Gasteiger partial charge in [0.2, 0.25) is 5.91 Å². The third kappa shape index (κ3) is 5.13. The van der Waals surface area contributed by atoms with Crippen LogP contribution in [0.25, 0.3) is 0 Å². The van der Waals surface area contributed by atoms with E-state index in [-0.39, 0.29) is 24.0 Å². The first-order valence-electron chi connectivity index (χ1n) is 11.7. The van der Waals surface area contributed by atoms with Crippen LogP contribution < -0.4 is 0 Å². The largest absolute Gasteiger partial charge is 0.450 e. The Morgan fingerprint density at radius 2 is 1.47 bits per heavy atom. The van der Waals surface area contributed by atoms with Gasteiger partial charge in [-0.3, -0.25) is 9.69 Å². The molecule has 2 heterocycles. The van der Waals surface area contributed by atoms with Crippen LogP contribution in [0, 0.1) is 5.92 Å². The number of amides is 2. The molecule has 32 heavy (non-hydrogen) atoms. The fourth-order valence-electron chi connectivity index (χ4n) is 4.90. The molecular weight excluding hydrogens is 402 g/mol. The van der Waals surface area contributed by atoms with Gasteiger partial charge in [0.25, 0.3) is 0 Å². The third-order valence-electron chi connectivity index (χ3n) is 6.52. The van der Waals surface area contributed by atoms with E-state index in [1.54, 1.807) is 4.90 Å². The number of carbonyl (C=O) groups excluding carboxylic acids is 2. The zero-order valence-electron chi connectivity index (χ0n) is 18.9. The van der Waals surface area contributed by atoms with E-state index in [0.29, 0.717) is 32.8 Å². The van der Waals surface area contributed by atoms with Gasteiger partial charge in [-0.25, -0.2) is 4.79 Å². The van der Waals surface area contributed by atoms with Gasteiger partial charge in [0, 0.05) is 39.3 Å². The topological polar surface area (TPSA) is 53.1 Å². The zero-order chi connectivity index (χ0) is 22.3. The first kappa shape index (κ1) is 22.3. The number of carbonyl (C=O) groups is 2. The Hall–Kier alpha value is -2.86. The molecule has 0 aromatic heterocycles. The maximum absolute atomic E-state index is 13.2. The lowest BCUT2D eigenvalue weighted by Gasteiger charge is -2.41. The second-order valence-electron chi connectivity index (χ2n) is 8.57. The Morgan fingerprint density at radius 1 is 0.875 bits per heavy atom. The predicted molar refractivity (Wildman–Crippen MR) is 124 cm³/mol. The van der Waals surface area contributed by atoms with Gasteiger partial charge in [0.1, 0.15) is 0 Å². The average molecular weight is 436 g/mol. The molecule has 0 N–H and O–H groups in total. The first-order chi connectivity index (χ1) is 15.7. The van der Waals surface area contributed by atoms with Crippen molar-refractivity contribution < 1.29 is 14.3 Å². The number of likely N-dealkylation sites (tertiary alicyclic amines) is 1. The molecule has 2 fully saturated rings. The molecule has 0 aliphatic carbocycles. The van der Waals surface area contributed by atoms with Crippen LogP contribution in [0.1, 0.15) is 36.9 Å². The van der Waals surface area contributed by atoms with Crippen molar-refractivity contribution in [2.24, 2.45) is 5.92 Å². The number of hydrogen-bond acceptors (Lipinski definition) is 4. The van der Waals surface area contributed by atoms with Crippen molar-refractivity contribution in [3.63, 3.8) is 0 Å². The first-order valence-corrected chi connectivity index (χ1v) is 11.7. The van der Waals surface area contributed by atoms with Crippen LogP contribution in [0.5, 0.6) is 0 Å². The van der Waals surface area contributed by atoms with Crippen LogP contribution in [0.3, 0.4) is 0 Å². The summed E-state index contributed by atoms with van der Waals surface area (Å²) in [6.07, 6.45) is 1.38. The molecule has 2 amide bonds. The van der Waals surface area contributed by atoms with E-state index in [9.17, 15) is 9.59 Å². The molecule has 0 saturated carbocycles. The van der Waals surface area contributed by atoms with Crippen LogP contribution in [0.15, 0.2) is 60.7 Å². The van der Waals surface area contributed by atoms with Crippen molar-refractivity contribution in [1.82, 2.24) is 14.7 Å². The van der Waals surface area contributed by atoms with Crippen LogP contribution in [-0.2, 0) is 9.53 Å². The monoisotopic (exact) mass is 435 g/mol. The van der Waals surface area contributed by atoms with E-state index in [0.717, 1.165) is 25.9 Å². The highest BCUT2D eigenvalue weighted by Gasteiger charge is 2.34. The lowest BCUT2D eigenvalue weighted by atomic mass is 9.95. The van der Waals surface area contributed by atoms with E-state index in [1.807, 2.05) is 24.0 Å². The summed E-state index contributed by atoms with van der Waals surface area (Å²) in [5, 5.41) is 0. The van der Waals surface area contributed by atoms with Crippen LogP contribution >= 0.6 is 0 Å². The highest BCUT2D eigenvalue weighted by molar-refractivity contribution is 5.80. The van der Waals surface area contributed by atoms with Gasteiger partial charge in [0.15, 0.2) is 0 Å². The van der Waals surface area contributed by atoms with Crippen LogP contribution in [0.2, 0.25) is 0 Å². The minimum absolute atomic E-state index is 0.126. The van der Waals surface area contributed by atoms with Gasteiger partial charge in [-0.1, -0.05) is 60.7 Å². The van der Waals surface area contributed by atoms with E-state index >= 15 is 0 Å². The maximum atomic E-state index is 13.2. The summed E-state index contributed by atoms with van der Waals surface area (Å²) in [7, 11) is 0. The smallest absolute Gasteiger partial charge is 0.409 e. The van der Waals surface area contributed by atoms with E-state index in [4.69, 9.17) is 4.74 Å². The third-order valence-corrected chi connectivity index (χ3v) is 6.52. The van der Waals surface area contributed by atoms with Crippen molar-refractivity contribution >= 4 is 12.0 Å². The quantitative estimate of drug-likeness (QED) is 0.717. The Labute approximate surface area is 190 Å². The molecule has 1 unspecified atom stereocenters. The number of hydrogen-bond donors (Lipinski definition) is 0. The predicted octanol–water partition coefficient (Wildman–Crippen LogP) is 3.79. The zero-order valence-corrected chi connectivity index (χ0v) is 18.9. The Bertz CT molecular complexity index is 842. The second-order valence-corrected chi connectivity index (χ2v) is 8.57. The number of nitrogens with zero attached hydrogens (tertiary/aromatic N) is 3. The summed E-state index contributed by atoms with van der Waals surface area (Å²) < 4.78 is 5.13.